The van der Waals surface area contributed by atoms with Gasteiger partial charge in [0.05, 0.1) is 0 Å². The Morgan fingerprint density at radius 3 is 1.91 bits per heavy atom. The Balaban J connectivity index is 1.33. The van der Waals surface area contributed by atoms with Gasteiger partial charge in [-0.2, -0.15) is 0 Å². The van der Waals surface area contributed by atoms with Crippen molar-refractivity contribution in [3.63, 3.8) is 0 Å². The molecule has 3 heteroatoms. The number of nitrogens with zero attached hydrogens (tertiary/aromatic N) is 2. The van der Waals surface area contributed by atoms with E-state index in [-0.39, 0.29) is 0 Å². The van der Waals surface area contributed by atoms with Gasteiger partial charge in [0.2, 0.25) is 0 Å². The van der Waals surface area contributed by atoms with Crippen LogP contribution in [0.25, 0.3) is 95.9 Å². The SMILES string of the molecule is c1ccc(-c2nc(-c3ccc4c(c3)c3ccccc3c3ccc5[se]c6ccccc6c5c34)nc3c2ccc2ccccc23)cc1. The zero-order valence-electron chi connectivity index (χ0n) is 24.2. The third kappa shape index (κ3) is 3.69. The average molecular weight is 636 g/mol. The summed E-state index contributed by atoms with van der Waals surface area (Å²) in [5.41, 5.74) is 4.06. The molecule has 208 valence electrons. The van der Waals surface area contributed by atoms with E-state index in [2.05, 4.69) is 146 Å². The molecule has 0 aliphatic carbocycles. The molecule has 2 aromatic heterocycles. The first-order valence-electron chi connectivity index (χ1n) is 15.3. The van der Waals surface area contributed by atoms with Crippen LogP contribution in [-0.4, -0.2) is 24.5 Å². The Morgan fingerprint density at radius 1 is 0.378 bits per heavy atom. The molecule has 45 heavy (non-hydrogen) atoms. The normalized spacial score (nSPS) is 12.0. The van der Waals surface area contributed by atoms with Crippen LogP contribution >= 0.6 is 0 Å². The molecule has 0 bridgehead atoms. The fourth-order valence-corrected chi connectivity index (χ4v) is 9.54. The second-order valence-corrected chi connectivity index (χ2v) is 14.0. The molecule has 0 aliphatic heterocycles. The fourth-order valence-electron chi connectivity index (χ4n) is 7.21. The van der Waals surface area contributed by atoms with Gasteiger partial charge in [-0.05, 0) is 0 Å². The Labute approximate surface area is 265 Å². The molecule has 8 aromatic carbocycles. The minimum absolute atomic E-state index is 0.313. The Hall–Kier alpha value is -5.34. The van der Waals surface area contributed by atoms with E-state index in [4.69, 9.17) is 9.97 Å². The predicted octanol–water partition coefficient (Wildman–Crippen LogP) is 10.9. The van der Waals surface area contributed by atoms with Gasteiger partial charge in [-0.3, -0.25) is 0 Å². The molecule has 0 aliphatic rings. The number of rotatable bonds is 2. The molecular formula is C42H24N2Se. The summed E-state index contributed by atoms with van der Waals surface area (Å²) in [5.74, 6) is 0.746. The molecule has 0 saturated heterocycles. The van der Waals surface area contributed by atoms with Crippen molar-refractivity contribution in [1.82, 2.24) is 9.97 Å². The van der Waals surface area contributed by atoms with Crippen LogP contribution in [0.1, 0.15) is 0 Å². The molecule has 0 unspecified atom stereocenters. The van der Waals surface area contributed by atoms with Crippen LogP contribution in [0.4, 0.5) is 0 Å². The monoisotopic (exact) mass is 636 g/mol. The molecule has 0 radical (unpaired) electrons. The molecule has 0 fully saturated rings. The van der Waals surface area contributed by atoms with Gasteiger partial charge < -0.3 is 0 Å². The van der Waals surface area contributed by atoms with Gasteiger partial charge in [0.15, 0.2) is 0 Å². The summed E-state index contributed by atoms with van der Waals surface area (Å²) in [6, 6.07) is 52.7. The van der Waals surface area contributed by atoms with Crippen molar-refractivity contribution in [2.24, 2.45) is 0 Å². The van der Waals surface area contributed by atoms with Gasteiger partial charge in [0.25, 0.3) is 0 Å². The van der Waals surface area contributed by atoms with E-state index in [0.29, 0.717) is 14.5 Å². The van der Waals surface area contributed by atoms with E-state index in [0.717, 1.165) is 38.9 Å². The Kier molecular flexibility index (Phi) is 5.33. The van der Waals surface area contributed by atoms with Crippen molar-refractivity contribution in [1.29, 1.82) is 0 Å². The van der Waals surface area contributed by atoms with Crippen LogP contribution in [0.15, 0.2) is 146 Å². The van der Waals surface area contributed by atoms with Crippen LogP contribution in [0.5, 0.6) is 0 Å². The molecule has 2 heterocycles. The fraction of sp³-hybridized carbons (Fsp3) is 0. The molecular weight excluding hydrogens is 611 g/mol. The van der Waals surface area contributed by atoms with Crippen LogP contribution < -0.4 is 0 Å². The van der Waals surface area contributed by atoms with Crippen molar-refractivity contribution in [3.8, 4) is 22.6 Å². The molecule has 0 N–H and O–H groups in total. The molecule has 0 amide bonds. The third-order valence-electron chi connectivity index (χ3n) is 9.24. The van der Waals surface area contributed by atoms with E-state index < -0.39 is 0 Å². The average Bonchev–Trinajstić information content (AvgIpc) is 3.50. The standard InChI is InChI=1S/C42H24N2Se/c1-2-11-26(12-3-1)40-34-21-18-25-10-4-5-13-28(25)41(34)44-42(43-40)27-19-20-32-35(24-27)30-15-7-6-14-29(30)31-22-23-37-39(38(31)32)33-16-8-9-17-36(33)45-37/h1-24H. The molecule has 10 aromatic rings. The number of benzene rings is 8. The summed E-state index contributed by atoms with van der Waals surface area (Å²) in [7, 11) is 0. The molecule has 0 saturated carbocycles. The van der Waals surface area contributed by atoms with Crippen molar-refractivity contribution in [3.05, 3.63) is 146 Å². The van der Waals surface area contributed by atoms with Crippen LogP contribution in [0.3, 0.4) is 0 Å². The predicted molar refractivity (Wildman–Crippen MR) is 192 cm³/mol. The summed E-state index contributed by atoms with van der Waals surface area (Å²) in [4.78, 5) is 10.6. The number of hydrogen-bond donors (Lipinski definition) is 0. The number of hydrogen-bond acceptors (Lipinski definition) is 2. The second-order valence-electron chi connectivity index (χ2n) is 11.7. The summed E-state index contributed by atoms with van der Waals surface area (Å²) in [6.45, 7) is 0. The zero-order chi connectivity index (χ0) is 29.5. The van der Waals surface area contributed by atoms with Crippen molar-refractivity contribution < 1.29 is 0 Å². The number of fused-ring (bicyclic) bond motifs is 13. The molecule has 10 rings (SSSR count). The van der Waals surface area contributed by atoms with Gasteiger partial charge in [0, 0.05) is 0 Å². The first-order valence-corrected chi connectivity index (χ1v) is 17.0. The van der Waals surface area contributed by atoms with E-state index in [1.165, 1.54) is 57.0 Å². The van der Waals surface area contributed by atoms with Gasteiger partial charge in [-0.25, -0.2) is 0 Å². The first kappa shape index (κ1) is 25.0. The van der Waals surface area contributed by atoms with Crippen LogP contribution in [0, 0.1) is 0 Å². The smallest absolute Gasteiger partial charge is 0.0616 e. The molecule has 2 nitrogen and oxygen atoms in total. The van der Waals surface area contributed by atoms with Crippen molar-refractivity contribution in [2.45, 2.75) is 0 Å². The Bertz CT molecular complexity index is 2810. The summed E-state index contributed by atoms with van der Waals surface area (Å²) in [6.07, 6.45) is 0. The van der Waals surface area contributed by atoms with Gasteiger partial charge in [0.1, 0.15) is 0 Å². The van der Waals surface area contributed by atoms with Crippen molar-refractivity contribution in [2.75, 3.05) is 0 Å². The second kappa shape index (κ2) is 9.58. The topological polar surface area (TPSA) is 25.8 Å². The maximum atomic E-state index is 5.29. The summed E-state index contributed by atoms with van der Waals surface area (Å²) >= 11 is 0.313. The maximum absolute atomic E-state index is 5.29. The van der Waals surface area contributed by atoms with E-state index >= 15 is 0 Å². The Morgan fingerprint density at radius 2 is 1.04 bits per heavy atom. The first-order chi connectivity index (χ1) is 22.3. The number of aromatic nitrogens is 2. The summed E-state index contributed by atoms with van der Waals surface area (Å²) in [5, 5.41) is 13.9. The van der Waals surface area contributed by atoms with E-state index in [1.807, 2.05) is 0 Å². The van der Waals surface area contributed by atoms with E-state index in [1.54, 1.807) is 0 Å². The van der Waals surface area contributed by atoms with Crippen LogP contribution in [0.2, 0.25) is 0 Å². The molecule has 0 atom stereocenters. The quantitative estimate of drug-likeness (QED) is 0.140. The van der Waals surface area contributed by atoms with Gasteiger partial charge in [-0.1, -0.05) is 42.5 Å². The summed E-state index contributed by atoms with van der Waals surface area (Å²) < 4.78 is 2.93. The van der Waals surface area contributed by atoms with Gasteiger partial charge >= 0.3 is 224 Å². The van der Waals surface area contributed by atoms with Gasteiger partial charge in [-0.15, -0.1) is 0 Å². The third-order valence-corrected chi connectivity index (χ3v) is 11.6. The van der Waals surface area contributed by atoms with E-state index in [9.17, 15) is 0 Å². The van der Waals surface area contributed by atoms with Crippen molar-refractivity contribution >= 4 is 87.8 Å². The molecule has 0 spiro atoms. The minimum Gasteiger partial charge on any atom is -0.0616 e. The minimum atomic E-state index is 0.313. The zero-order valence-corrected chi connectivity index (χ0v) is 25.9. The van der Waals surface area contributed by atoms with Crippen LogP contribution in [-0.2, 0) is 0 Å².